The number of amides is 1. The summed E-state index contributed by atoms with van der Waals surface area (Å²) < 4.78 is 20.1. The summed E-state index contributed by atoms with van der Waals surface area (Å²) in [4.78, 5) is 20.5. The average molecular weight is 479 g/mol. The number of benzene rings is 2. The van der Waals surface area contributed by atoms with Gasteiger partial charge in [-0.2, -0.15) is 0 Å². The van der Waals surface area contributed by atoms with Gasteiger partial charge in [-0.25, -0.2) is 9.37 Å². The van der Waals surface area contributed by atoms with E-state index in [0.29, 0.717) is 34.9 Å². The molecule has 1 heterocycles. The van der Waals surface area contributed by atoms with Crippen molar-refractivity contribution >= 4 is 51.8 Å². The van der Waals surface area contributed by atoms with E-state index in [1.807, 2.05) is 6.92 Å². The summed E-state index contributed by atoms with van der Waals surface area (Å²) in [5.74, 6) is 0.576. The van der Waals surface area contributed by atoms with Crippen LogP contribution in [0.2, 0.25) is 10.0 Å². The Morgan fingerprint density at radius 1 is 1.22 bits per heavy atom. The minimum absolute atomic E-state index is 0.0211. The number of aromatic nitrogens is 2. The summed E-state index contributed by atoms with van der Waals surface area (Å²) in [5, 5.41) is 6.09. The van der Waals surface area contributed by atoms with Crippen LogP contribution in [-0.2, 0) is 0 Å². The number of H-pyrrole nitrogens is 1. The quantitative estimate of drug-likeness (QED) is 0.355. The average Bonchev–Trinajstić information content (AvgIpc) is 3.16. The molecular weight excluding hydrogens is 454 g/mol. The second kappa shape index (κ2) is 9.55. The molecule has 6 nitrogen and oxygen atoms in total. The molecule has 1 amide bonds. The number of carbonyl (C=O) groups is 1. The highest BCUT2D eigenvalue weighted by Crippen LogP contribution is 2.33. The Bertz CT molecular complexity index is 1140. The normalized spacial score (nSPS) is 18.5. The third-order valence-electron chi connectivity index (χ3n) is 5.77. The van der Waals surface area contributed by atoms with Crippen LogP contribution in [0.4, 0.5) is 16.0 Å². The van der Waals surface area contributed by atoms with Crippen LogP contribution >= 0.6 is 23.2 Å². The molecule has 0 aliphatic heterocycles. The first-order valence-corrected chi connectivity index (χ1v) is 11.5. The van der Waals surface area contributed by atoms with Crippen molar-refractivity contribution in [2.24, 2.45) is 5.92 Å². The smallest absolute Gasteiger partial charge is 0.255 e. The molecule has 4 rings (SSSR count). The van der Waals surface area contributed by atoms with E-state index in [0.717, 1.165) is 25.7 Å². The Balaban J connectivity index is 1.62. The van der Waals surface area contributed by atoms with Gasteiger partial charge >= 0.3 is 0 Å². The minimum Gasteiger partial charge on any atom is -0.493 e. The van der Waals surface area contributed by atoms with E-state index in [1.165, 1.54) is 12.1 Å². The molecule has 0 saturated heterocycles. The van der Waals surface area contributed by atoms with Crippen LogP contribution in [0, 0.1) is 11.7 Å². The molecule has 0 atom stereocenters. The van der Waals surface area contributed by atoms with Crippen molar-refractivity contribution in [3.8, 4) is 5.75 Å². The van der Waals surface area contributed by atoms with Crippen LogP contribution in [0.25, 0.3) is 11.0 Å². The molecule has 2 aromatic carbocycles. The first-order valence-electron chi connectivity index (χ1n) is 10.7. The van der Waals surface area contributed by atoms with E-state index in [-0.39, 0.29) is 33.6 Å². The number of rotatable bonds is 6. The highest BCUT2D eigenvalue weighted by molar-refractivity contribution is 6.35. The Kier molecular flexibility index (Phi) is 6.76. The van der Waals surface area contributed by atoms with Crippen LogP contribution in [-0.4, -0.2) is 28.5 Å². The topological polar surface area (TPSA) is 79.0 Å². The van der Waals surface area contributed by atoms with E-state index in [2.05, 4.69) is 27.5 Å². The summed E-state index contributed by atoms with van der Waals surface area (Å²) >= 11 is 12.0. The third kappa shape index (κ3) is 4.79. The number of carbonyl (C=O) groups excluding carboxylic acids is 1. The van der Waals surface area contributed by atoms with Gasteiger partial charge in [0.2, 0.25) is 5.95 Å². The van der Waals surface area contributed by atoms with Crippen LogP contribution in [0.15, 0.2) is 24.3 Å². The highest BCUT2D eigenvalue weighted by atomic mass is 35.5. The standard InChI is InChI=1S/C23H25Cl2FN4O2/c1-3-32-19-11-18-17(10-14(19)22(31)27-13-6-4-12(2)5-7-13)28-23(29-18)30-21-16(25)9-8-15(24)20(21)26/h8-13H,3-7H2,1-2H3,(H,27,31)(H2,28,29,30). The van der Waals surface area contributed by atoms with E-state index >= 15 is 0 Å². The molecule has 32 heavy (non-hydrogen) atoms. The van der Waals surface area contributed by atoms with Crippen LogP contribution in [0.3, 0.4) is 0 Å². The molecule has 1 aromatic heterocycles. The van der Waals surface area contributed by atoms with E-state index in [1.54, 1.807) is 12.1 Å². The molecule has 1 saturated carbocycles. The lowest BCUT2D eigenvalue weighted by molar-refractivity contribution is 0.0919. The fraction of sp³-hybridized carbons (Fsp3) is 0.391. The van der Waals surface area contributed by atoms with Gasteiger partial charge in [-0.05, 0) is 56.7 Å². The van der Waals surface area contributed by atoms with Gasteiger partial charge in [0.15, 0.2) is 5.82 Å². The molecule has 0 unspecified atom stereocenters. The maximum Gasteiger partial charge on any atom is 0.255 e. The minimum atomic E-state index is -0.670. The summed E-state index contributed by atoms with van der Waals surface area (Å²) in [6.45, 7) is 4.51. The summed E-state index contributed by atoms with van der Waals surface area (Å²) in [5.41, 5.74) is 1.62. The van der Waals surface area contributed by atoms with E-state index in [4.69, 9.17) is 27.9 Å². The summed E-state index contributed by atoms with van der Waals surface area (Å²) in [7, 11) is 0. The van der Waals surface area contributed by atoms with Gasteiger partial charge in [-0.3, -0.25) is 4.79 Å². The van der Waals surface area contributed by atoms with Gasteiger partial charge in [0.25, 0.3) is 5.91 Å². The molecule has 1 aliphatic rings. The molecule has 0 radical (unpaired) electrons. The number of hydrogen-bond donors (Lipinski definition) is 3. The van der Waals surface area contributed by atoms with E-state index in [9.17, 15) is 9.18 Å². The van der Waals surface area contributed by atoms with E-state index < -0.39 is 5.82 Å². The van der Waals surface area contributed by atoms with Crippen molar-refractivity contribution in [1.82, 2.24) is 15.3 Å². The van der Waals surface area contributed by atoms with Crippen molar-refractivity contribution in [1.29, 1.82) is 0 Å². The van der Waals surface area contributed by atoms with Crippen molar-refractivity contribution in [2.75, 3.05) is 11.9 Å². The van der Waals surface area contributed by atoms with Crippen LogP contribution < -0.4 is 15.4 Å². The number of ether oxygens (including phenoxy) is 1. The van der Waals surface area contributed by atoms with Gasteiger partial charge in [-0.1, -0.05) is 30.1 Å². The largest absolute Gasteiger partial charge is 0.493 e. The first kappa shape index (κ1) is 22.7. The molecule has 9 heteroatoms. The van der Waals surface area contributed by atoms with Crippen LogP contribution in [0.5, 0.6) is 5.75 Å². The molecule has 1 aliphatic carbocycles. The number of nitrogens with zero attached hydrogens (tertiary/aromatic N) is 1. The summed E-state index contributed by atoms with van der Waals surface area (Å²) in [6.07, 6.45) is 4.17. The SMILES string of the molecule is CCOc1cc2[nH]c(Nc3c(Cl)ccc(Cl)c3F)nc2cc1C(=O)NC1CCC(C)CC1. The molecule has 3 aromatic rings. The fourth-order valence-electron chi connectivity index (χ4n) is 3.98. The monoisotopic (exact) mass is 478 g/mol. The van der Waals surface area contributed by atoms with Gasteiger partial charge in [0.1, 0.15) is 5.75 Å². The van der Waals surface area contributed by atoms with Crippen molar-refractivity contribution in [3.63, 3.8) is 0 Å². The van der Waals surface area contributed by atoms with Gasteiger partial charge in [-0.15, -0.1) is 0 Å². The van der Waals surface area contributed by atoms with Crippen molar-refractivity contribution < 1.29 is 13.9 Å². The second-order valence-electron chi connectivity index (χ2n) is 8.16. The zero-order chi connectivity index (χ0) is 22.8. The summed E-state index contributed by atoms with van der Waals surface area (Å²) in [6, 6.07) is 6.45. The number of aromatic amines is 1. The zero-order valence-corrected chi connectivity index (χ0v) is 19.4. The number of anilines is 2. The molecule has 0 bridgehead atoms. The lowest BCUT2D eigenvalue weighted by Crippen LogP contribution is -2.37. The number of halogens is 3. The Morgan fingerprint density at radius 2 is 1.94 bits per heavy atom. The fourth-order valence-corrected chi connectivity index (χ4v) is 4.33. The van der Waals surface area contributed by atoms with Gasteiger partial charge < -0.3 is 20.4 Å². The van der Waals surface area contributed by atoms with Crippen LogP contribution in [0.1, 0.15) is 49.9 Å². The number of imidazole rings is 1. The predicted octanol–water partition coefficient (Wildman–Crippen LogP) is 6.46. The number of hydrogen-bond acceptors (Lipinski definition) is 4. The van der Waals surface area contributed by atoms with Gasteiger partial charge in [0.05, 0.1) is 38.9 Å². The predicted molar refractivity (Wildman–Crippen MR) is 126 cm³/mol. The number of nitrogens with one attached hydrogen (secondary N) is 3. The maximum absolute atomic E-state index is 14.4. The number of fused-ring (bicyclic) bond motifs is 1. The van der Waals surface area contributed by atoms with Crippen molar-refractivity contribution in [2.45, 2.75) is 45.6 Å². The molecule has 1 fully saturated rings. The molecule has 0 spiro atoms. The Morgan fingerprint density at radius 3 is 2.66 bits per heavy atom. The molecular formula is C23H25Cl2FN4O2. The third-order valence-corrected chi connectivity index (χ3v) is 6.37. The first-order chi connectivity index (χ1) is 15.4. The molecule has 170 valence electrons. The second-order valence-corrected chi connectivity index (χ2v) is 8.97. The Hall–Kier alpha value is -2.51. The maximum atomic E-state index is 14.4. The lowest BCUT2D eigenvalue weighted by Gasteiger charge is -2.27. The molecule has 3 N–H and O–H groups in total. The van der Waals surface area contributed by atoms with Crippen molar-refractivity contribution in [3.05, 3.63) is 45.7 Å². The zero-order valence-electron chi connectivity index (χ0n) is 17.9. The lowest BCUT2D eigenvalue weighted by atomic mass is 9.87. The Labute approximate surface area is 195 Å². The highest BCUT2D eigenvalue weighted by Gasteiger charge is 2.23. The van der Waals surface area contributed by atoms with Gasteiger partial charge in [0, 0.05) is 12.1 Å².